The number of nitriles is 1. The Labute approximate surface area is 173 Å². The molecule has 0 radical (unpaired) electrons. The number of halogens is 1. The summed E-state index contributed by atoms with van der Waals surface area (Å²) >= 11 is 6.05. The van der Waals surface area contributed by atoms with E-state index >= 15 is 0 Å². The molecule has 0 spiro atoms. The van der Waals surface area contributed by atoms with Crippen LogP contribution in [0.1, 0.15) is 15.9 Å². The van der Waals surface area contributed by atoms with Crippen molar-refractivity contribution in [3.05, 3.63) is 101 Å². The van der Waals surface area contributed by atoms with E-state index in [9.17, 15) is 14.9 Å². The smallest absolute Gasteiger partial charge is 0.266 e. The maximum Gasteiger partial charge on any atom is 0.266 e. The van der Waals surface area contributed by atoms with Gasteiger partial charge in [-0.15, -0.1) is 0 Å². The summed E-state index contributed by atoms with van der Waals surface area (Å²) in [4.78, 5) is 24.8. The molecule has 0 aromatic heterocycles. The van der Waals surface area contributed by atoms with E-state index in [4.69, 9.17) is 11.6 Å². The average Bonchev–Trinajstić information content (AvgIpc) is 2.73. The third kappa shape index (κ3) is 5.32. The first kappa shape index (κ1) is 19.9. The van der Waals surface area contributed by atoms with E-state index in [1.807, 2.05) is 12.1 Å². The number of carbonyl (C=O) groups excluding carboxylic acids is 2. The number of nitrogens with one attached hydrogen (secondary N) is 2. The Kier molecular flexibility index (Phi) is 6.41. The summed E-state index contributed by atoms with van der Waals surface area (Å²) in [6, 6.07) is 24.4. The minimum absolute atomic E-state index is 0.0524. The molecule has 0 unspecified atom stereocenters. The minimum atomic E-state index is -0.510. The van der Waals surface area contributed by atoms with Crippen molar-refractivity contribution >= 4 is 40.9 Å². The second-order valence-corrected chi connectivity index (χ2v) is 6.46. The van der Waals surface area contributed by atoms with Gasteiger partial charge in [-0.05, 0) is 48.0 Å². The van der Waals surface area contributed by atoms with E-state index in [0.29, 0.717) is 27.5 Å². The first-order valence-electron chi connectivity index (χ1n) is 8.71. The van der Waals surface area contributed by atoms with E-state index in [2.05, 4.69) is 10.6 Å². The van der Waals surface area contributed by atoms with Gasteiger partial charge in [0.25, 0.3) is 11.8 Å². The predicted octanol–water partition coefficient (Wildman–Crippen LogP) is 5.14. The summed E-state index contributed by atoms with van der Waals surface area (Å²) in [7, 11) is 0. The van der Waals surface area contributed by atoms with Gasteiger partial charge in [0.05, 0.1) is 10.6 Å². The number of hydrogen-bond acceptors (Lipinski definition) is 3. The molecule has 142 valence electrons. The highest BCUT2D eigenvalue weighted by atomic mass is 35.5. The first-order valence-corrected chi connectivity index (χ1v) is 9.09. The number of amides is 2. The standard InChI is InChI=1S/C23H16ClN3O2/c24-21-12-5-4-11-20(21)23(29)27-19-10-6-7-16(14-19)13-17(15-25)22(28)26-18-8-2-1-3-9-18/h1-14H,(H,26,28)(H,27,29)/b17-13+. The van der Waals surface area contributed by atoms with Crippen molar-refractivity contribution in [2.75, 3.05) is 10.6 Å². The van der Waals surface area contributed by atoms with Crippen LogP contribution in [0.15, 0.2) is 84.4 Å². The zero-order chi connectivity index (χ0) is 20.6. The lowest BCUT2D eigenvalue weighted by molar-refractivity contribution is -0.112. The Bertz CT molecular complexity index is 1120. The van der Waals surface area contributed by atoms with Gasteiger partial charge in [0.2, 0.25) is 0 Å². The molecule has 29 heavy (non-hydrogen) atoms. The van der Waals surface area contributed by atoms with Crippen LogP contribution in [0.3, 0.4) is 0 Å². The van der Waals surface area contributed by atoms with Crippen LogP contribution >= 0.6 is 11.6 Å². The molecule has 0 saturated heterocycles. The number of nitrogens with zero attached hydrogens (tertiary/aromatic N) is 1. The van der Waals surface area contributed by atoms with Crippen molar-refractivity contribution in [3.63, 3.8) is 0 Å². The van der Waals surface area contributed by atoms with Crippen molar-refractivity contribution < 1.29 is 9.59 Å². The van der Waals surface area contributed by atoms with Gasteiger partial charge in [0, 0.05) is 11.4 Å². The number of para-hydroxylation sites is 1. The topological polar surface area (TPSA) is 82.0 Å². The van der Waals surface area contributed by atoms with Crippen LogP contribution in [0.5, 0.6) is 0 Å². The summed E-state index contributed by atoms with van der Waals surface area (Å²) in [5.74, 6) is -0.858. The van der Waals surface area contributed by atoms with Crippen LogP contribution in [0.4, 0.5) is 11.4 Å². The van der Waals surface area contributed by atoms with Gasteiger partial charge in [-0.25, -0.2) is 0 Å². The lowest BCUT2D eigenvalue weighted by Crippen LogP contribution is -2.13. The molecule has 3 rings (SSSR count). The Morgan fingerprint density at radius 2 is 1.55 bits per heavy atom. The summed E-state index contributed by atoms with van der Waals surface area (Å²) < 4.78 is 0. The van der Waals surface area contributed by atoms with Gasteiger partial charge < -0.3 is 10.6 Å². The largest absolute Gasteiger partial charge is 0.322 e. The second-order valence-electron chi connectivity index (χ2n) is 6.05. The van der Waals surface area contributed by atoms with Crippen LogP contribution in [0.25, 0.3) is 6.08 Å². The third-order valence-electron chi connectivity index (χ3n) is 3.97. The second kappa shape index (κ2) is 9.36. The summed E-state index contributed by atoms with van der Waals surface area (Å²) in [6.45, 7) is 0. The Morgan fingerprint density at radius 3 is 2.28 bits per heavy atom. The fraction of sp³-hybridized carbons (Fsp3) is 0. The molecule has 2 N–H and O–H groups in total. The number of carbonyl (C=O) groups is 2. The minimum Gasteiger partial charge on any atom is -0.322 e. The van der Waals surface area contributed by atoms with E-state index in [1.165, 1.54) is 6.08 Å². The third-order valence-corrected chi connectivity index (χ3v) is 4.30. The van der Waals surface area contributed by atoms with Crippen molar-refractivity contribution in [3.8, 4) is 6.07 Å². The monoisotopic (exact) mass is 401 g/mol. The van der Waals surface area contributed by atoms with Gasteiger partial charge in [0.15, 0.2) is 0 Å². The molecule has 0 heterocycles. The Balaban J connectivity index is 1.77. The molecule has 0 bridgehead atoms. The van der Waals surface area contributed by atoms with Crippen molar-refractivity contribution in [2.45, 2.75) is 0 Å². The van der Waals surface area contributed by atoms with Crippen LogP contribution in [-0.4, -0.2) is 11.8 Å². The van der Waals surface area contributed by atoms with Gasteiger partial charge in [-0.1, -0.05) is 54.1 Å². The summed E-state index contributed by atoms with van der Waals surface area (Å²) in [5.41, 5.74) is 2.02. The van der Waals surface area contributed by atoms with Gasteiger partial charge in [-0.3, -0.25) is 9.59 Å². The number of rotatable bonds is 5. The molecule has 0 fully saturated rings. The SMILES string of the molecule is N#C/C(=C\c1cccc(NC(=O)c2ccccc2Cl)c1)C(=O)Nc1ccccc1. The molecule has 5 nitrogen and oxygen atoms in total. The fourth-order valence-corrected chi connectivity index (χ4v) is 2.81. The predicted molar refractivity (Wildman–Crippen MR) is 115 cm³/mol. The molecular formula is C23H16ClN3O2. The van der Waals surface area contributed by atoms with Gasteiger partial charge in [0.1, 0.15) is 11.6 Å². The highest BCUT2D eigenvalue weighted by molar-refractivity contribution is 6.34. The molecule has 3 aromatic rings. The van der Waals surface area contributed by atoms with Crippen molar-refractivity contribution in [1.29, 1.82) is 5.26 Å². The first-order chi connectivity index (χ1) is 14.1. The van der Waals surface area contributed by atoms with E-state index < -0.39 is 5.91 Å². The maximum atomic E-state index is 12.4. The van der Waals surface area contributed by atoms with Crippen LogP contribution in [0.2, 0.25) is 5.02 Å². The summed E-state index contributed by atoms with van der Waals surface area (Å²) in [5, 5.41) is 15.2. The highest BCUT2D eigenvalue weighted by Crippen LogP contribution is 2.19. The van der Waals surface area contributed by atoms with Crippen LogP contribution < -0.4 is 10.6 Å². The lowest BCUT2D eigenvalue weighted by Gasteiger charge is -2.08. The van der Waals surface area contributed by atoms with E-state index in [-0.39, 0.29) is 11.5 Å². The zero-order valence-electron chi connectivity index (χ0n) is 15.2. The van der Waals surface area contributed by atoms with Crippen LogP contribution in [0, 0.1) is 11.3 Å². The highest BCUT2D eigenvalue weighted by Gasteiger charge is 2.11. The Hall–Kier alpha value is -3.88. The molecule has 6 heteroatoms. The average molecular weight is 402 g/mol. The van der Waals surface area contributed by atoms with Crippen molar-refractivity contribution in [1.82, 2.24) is 0 Å². The number of benzene rings is 3. The molecule has 3 aromatic carbocycles. The number of hydrogen-bond donors (Lipinski definition) is 2. The maximum absolute atomic E-state index is 12.4. The molecule has 0 aliphatic carbocycles. The van der Waals surface area contributed by atoms with Crippen molar-refractivity contribution in [2.24, 2.45) is 0 Å². The molecular weight excluding hydrogens is 386 g/mol. The molecule has 0 atom stereocenters. The molecule has 0 saturated carbocycles. The number of anilines is 2. The van der Waals surface area contributed by atoms with E-state index in [0.717, 1.165) is 0 Å². The summed E-state index contributed by atoms with van der Waals surface area (Å²) in [6.07, 6.45) is 1.46. The van der Waals surface area contributed by atoms with Crippen LogP contribution in [-0.2, 0) is 4.79 Å². The molecule has 2 amide bonds. The van der Waals surface area contributed by atoms with Gasteiger partial charge >= 0.3 is 0 Å². The zero-order valence-corrected chi connectivity index (χ0v) is 16.0. The molecule has 0 aliphatic heterocycles. The normalized spacial score (nSPS) is 10.7. The lowest BCUT2D eigenvalue weighted by atomic mass is 10.1. The van der Waals surface area contributed by atoms with E-state index in [1.54, 1.807) is 72.8 Å². The Morgan fingerprint density at radius 1 is 0.862 bits per heavy atom. The fourth-order valence-electron chi connectivity index (χ4n) is 2.59. The molecule has 0 aliphatic rings. The quantitative estimate of drug-likeness (QED) is 0.458. The van der Waals surface area contributed by atoms with Gasteiger partial charge in [-0.2, -0.15) is 5.26 Å².